The first kappa shape index (κ1) is 9.70. The van der Waals surface area contributed by atoms with Crippen molar-refractivity contribution in [1.29, 1.82) is 0 Å². The SMILES string of the molecule is Cc1cc(Br)c(C(N)C(=O)O)s1. The quantitative estimate of drug-likeness (QED) is 0.842. The molecule has 0 amide bonds. The second-order valence-corrected chi connectivity index (χ2v) is 4.53. The van der Waals surface area contributed by atoms with Crippen LogP contribution in [0.5, 0.6) is 0 Å². The van der Waals surface area contributed by atoms with Crippen LogP contribution in [0.2, 0.25) is 0 Å². The Morgan fingerprint density at radius 1 is 1.83 bits per heavy atom. The molecule has 0 aromatic carbocycles. The van der Waals surface area contributed by atoms with Crippen LogP contribution in [0.25, 0.3) is 0 Å². The third kappa shape index (κ3) is 1.85. The lowest BCUT2D eigenvalue weighted by Gasteiger charge is -2.02. The number of hydrogen-bond acceptors (Lipinski definition) is 3. The van der Waals surface area contributed by atoms with E-state index in [2.05, 4.69) is 15.9 Å². The minimum Gasteiger partial charge on any atom is -0.480 e. The maximum atomic E-state index is 10.5. The standard InChI is InChI=1S/C7H8BrNO2S/c1-3-2-4(8)6(12-3)5(9)7(10)11/h2,5H,9H2,1H3,(H,10,11). The van der Waals surface area contributed by atoms with E-state index in [-0.39, 0.29) is 0 Å². The van der Waals surface area contributed by atoms with E-state index in [0.717, 1.165) is 9.35 Å². The van der Waals surface area contributed by atoms with Crippen LogP contribution in [0.1, 0.15) is 15.8 Å². The van der Waals surface area contributed by atoms with Crippen molar-refractivity contribution < 1.29 is 9.90 Å². The van der Waals surface area contributed by atoms with Crippen molar-refractivity contribution in [2.75, 3.05) is 0 Å². The summed E-state index contributed by atoms with van der Waals surface area (Å²) >= 11 is 4.65. The molecule has 1 aromatic heterocycles. The van der Waals surface area contributed by atoms with Gasteiger partial charge in [-0.25, -0.2) is 0 Å². The maximum Gasteiger partial charge on any atom is 0.326 e. The van der Waals surface area contributed by atoms with E-state index in [4.69, 9.17) is 10.8 Å². The van der Waals surface area contributed by atoms with Crippen molar-refractivity contribution in [3.8, 4) is 0 Å². The second-order valence-electron chi connectivity index (χ2n) is 2.39. The molecular formula is C7H8BrNO2S. The van der Waals surface area contributed by atoms with Crippen LogP contribution in [-0.2, 0) is 4.79 Å². The Labute approximate surface area is 82.3 Å². The van der Waals surface area contributed by atoms with E-state index in [9.17, 15) is 4.79 Å². The molecule has 1 aromatic rings. The minimum atomic E-state index is -1.00. The lowest BCUT2D eigenvalue weighted by molar-refractivity contribution is -0.138. The lowest BCUT2D eigenvalue weighted by atomic mass is 10.2. The van der Waals surface area contributed by atoms with Gasteiger partial charge in [0.2, 0.25) is 0 Å². The Balaban J connectivity index is 3.02. The Morgan fingerprint density at radius 2 is 2.42 bits per heavy atom. The smallest absolute Gasteiger partial charge is 0.326 e. The molecule has 5 heteroatoms. The summed E-state index contributed by atoms with van der Waals surface area (Å²) in [6, 6.07) is 0.945. The summed E-state index contributed by atoms with van der Waals surface area (Å²) < 4.78 is 0.778. The summed E-state index contributed by atoms with van der Waals surface area (Å²) in [6.07, 6.45) is 0. The Bertz CT molecular complexity index is 310. The fraction of sp³-hybridized carbons (Fsp3) is 0.286. The summed E-state index contributed by atoms with van der Waals surface area (Å²) in [5.74, 6) is -1.00. The Hall–Kier alpha value is -0.390. The van der Waals surface area contributed by atoms with Crippen molar-refractivity contribution in [2.24, 2.45) is 5.73 Å². The first-order valence-electron chi connectivity index (χ1n) is 3.26. The van der Waals surface area contributed by atoms with Crippen molar-refractivity contribution in [1.82, 2.24) is 0 Å². The predicted octanol–water partition coefficient (Wildman–Crippen LogP) is 1.90. The van der Waals surface area contributed by atoms with Crippen LogP contribution in [0.15, 0.2) is 10.5 Å². The highest BCUT2D eigenvalue weighted by Crippen LogP contribution is 2.30. The van der Waals surface area contributed by atoms with Gasteiger partial charge < -0.3 is 10.8 Å². The van der Waals surface area contributed by atoms with Crippen LogP contribution >= 0.6 is 27.3 Å². The first-order chi connectivity index (χ1) is 5.52. The average molecular weight is 250 g/mol. The highest BCUT2D eigenvalue weighted by atomic mass is 79.9. The van der Waals surface area contributed by atoms with Crippen LogP contribution in [0.4, 0.5) is 0 Å². The molecule has 0 aliphatic heterocycles. The van der Waals surface area contributed by atoms with Crippen LogP contribution in [-0.4, -0.2) is 11.1 Å². The van der Waals surface area contributed by atoms with Gasteiger partial charge in [-0.15, -0.1) is 11.3 Å². The highest BCUT2D eigenvalue weighted by Gasteiger charge is 2.19. The normalized spacial score (nSPS) is 12.9. The number of thiophene rings is 1. The first-order valence-corrected chi connectivity index (χ1v) is 4.87. The van der Waals surface area contributed by atoms with Gasteiger partial charge in [-0.2, -0.15) is 0 Å². The number of aliphatic carboxylic acids is 1. The van der Waals surface area contributed by atoms with Crippen molar-refractivity contribution >= 4 is 33.2 Å². The molecule has 0 bridgehead atoms. The van der Waals surface area contributed by atoms with Gasteiger partial charge in [0.25, 0.3) is 0 Å². The highest BCUT2D eigenvalue weighted by molar-refractivity contribution is 9.10. The molecule has 3 N–H and O–H groups in total. The van der Waals surface area contributed by atoms with Gasteiger partial charge in [0.15, 0.2) is 0 Å². The minimum absolute atomic E-state index is 0.667. The molecule has 1 unspecified atom stereocenters. The number of rotatable bonds is 2. The lowest BCUT2D eigenvalue weighted by Crippen LogP contribution is -2.19. The fourth-order valence-corrected chi connectivity index (χ4v) is 2.72. The number of nitrogens with two attached hydrogens (primary N) is 1. The summed E-state index contributed by atoms with van der Waals surface area (Å²) in [5, 5.41) is 8.63. The molecule has 0 spiro atoms. The zero-order chi connectivity index (χ0) is 9.30. The molecule has 0 saturated carbocycles. The summed E-state index contributed by atoms with van der Waals surface area (Å²) in [5.41, 5.74) is 5.43. The molecule has 1 rings (SSSR count). The van der Waals surface area contributed by atoms with Crippen molar-refractivity contribution in [2.45, 2.75) is 13.0 Å². The Morgan fingerprint density at radius 3 is 2.75 bits per heavy atom. The average Bonchev–Trinajstić information content (AvgIpc) is 2.28. The third-order valence-electron chi connectivity index (χ3n) is 1.38. The van der Waals surface area contributed by atoms with Crippen molar-refractivity contribution in [3.05, 3.63) is 20.3 Å². The number of halogens is 1. The van der Waals surface area contributed by atoms with Gasteiger partial charge in [-0.05, 0) is 28.9 Å². The second kappa shape index (κ2) is 3.55. The van der Waals surface area contributed by atoms with Crippen LogP contribution in [0, 0.1) is 6.92 Å². The molecular weight excluding hydrogens is 242 g/mol. The number of aryl methyl sites for hydroxylation is 1. The number of carboxylic acid groups (broad SMARTS) is 1. The topological polar surface area (TPSA) is 63.3 Å². The Kier molecular flexibility index (Phi) is 2.87. The van der Waals surface area contributed by atoms with E-state index >= 15 is 0 Å². The molecule has 1 atom stereocenters. The summed E-state index contributed by atoms with van der Waals surface area (Å²) in [4.78, 5) is 12.2. The van der Waals surface area contributed by atoms with Gasteiger partial charge in [0, 0.05) is 14.2 Å². The molecule has 0 saturated heterocycles. The van der Waals surface area contributed by atoms with E-state index < -0.39 is 12.0 Å². The van der Waals surface area contributed by atoms with E-state index in [1.807, 2.05) is 13.0 Å². The zero-order valence-corrected chi connectivity index (χ0v) is 8.78. The maximum absolute atomic E-state index is 10.5. The molecule has 3 nitrogen and oxygen atoms in total. The van der Waals surface area contributed by atoms with E-state index in [1.165, 1.54) is 11.3 Å². The molecule has 0 aliphatic carbocycles. The van der Waals surface area contributed by atoms with Crippen LogP contribution < -0.4 is 5.73 Å². The van der Waals surface area contributed by atoms with Gasteiger partial charge in [-0.1, -0.05) is 0 Å². The van der Waals surface area contributed by atoms with Crippen LogP contribution in [0.3, 0.4) is 0 Å². The van der Waals surface area contributed by atoms with Gasteiger partial charge >= 0.3 is 5.97 Å². The predicted molar refractivity (Wildman–Crippen MR) is 51.3 cm³/mol. The van der Waals surface area contributed by atoms with E-state index in [0.29, 0.717) is 4.88 Å². The van der Waals surface area contributed by atoms with Gasteiger partial charge in [-0.3, -0.25) is 4.79 Å². The van der Waals surface area contributed by atoms with Gasteiger partial charge in [0.1, 0.15) is 6.04 Å². The van der Waals surface area contributed by atoms with E-state index in [1.54, 1.807) is 0 Å². The number of carboxylic acids is 1. The molecule has 0 aliphatic rings. The number of hydrogen-bond donors (Lipinski definition) is 2. The molecule has 0 radical (unpaired) electrons. The summed E-state index contributed by atoms with van der Waals surface area (Å²) in [7, 11) is 0. The monoisotopic (exact) mass is 249 g/mol. The van der Waals surface area contributed by atoms with Gasteiger partial charge in [0.05, 0.1) is 0 Å². The largest absolute Gasteiger partial charge is 0.480 e. The third-order valence-corrected chi connectivity index (χ3v) is 3.44. The number of carbonyl (C=O) groups is 1. The summed E-state index contributed by atoms with van der Waals surface area (Å²) in [6.45, 7) is 1.91. The van der Waals surface area contributed by atoms with Crippen molar-refractivity contribution in [3.63, 3.8) is 0 Å². The molecule has 12 heavy (non-hydrogen) atoms. The fourth-order valence-electron chi connectivity index (χ4n) is 0.825. The molecule has 1 heterocycles. The molecule has 66 valence electrons. The molecule has 0 fully saturated rings. The zero-order valence-electron chi connectivity index (χ0n) is 6.37.